The first-order valence-electron chi connectivity index (χ1n) is 10.0. The molecule has 0 atom stereocenters. The second-order valence-electron chi connectivity index (χ2n) is 7.76. The van der Waals surface area contributed by atoms with Gasteiger partial charge in [0.05, 0.1) is 17.7 Å². The zero-order chi connectivity index (χ0) is 21.3. The van der Waals surface area contributed by atoms with Crippen molar-refractivity contribution in [2.45, 2.75) is 45.1 Å². The Hall–Kier alpha value is -3.55. The van der Waals surface area contributed by atoms with Crippen molar-refractivity contribution in [1.29, 1.82) is 0 Å². The summed E-state index contributed by atoms with van der Waals surface area (Å²) in [6.07, 6.45) is 4.56. The zero-order valence-electron chi connectivity index (χ0n) is 16.9. The van der Waals surface area contributed by atoms with Gasteiger partial charge < -0.3 is 20.2 Å². The smallest absolute Gasteiger partial charge is 0.342 e. The van der Waals surface area contributed by atoms with Gasteiger partial charge in [-0.3, -0.25) is 4.79 Å². The SMILES string of the molecule is CC(C)NC(=O)n1nc(-c2cc(NC(=O)c3ccco3)ccc2O)cc1C1CCC1. The largest absolute Gasteiger partial charge is 0.507 e. The number of carbonyl (C=O) groups excluding carboxylic acids is 2. The molecule has 2 aromatic heterocycles. The van der Waals surface area contributed by atoms with Gasteiger partial charge in [-0.2, -0.15) is 9.78 Å². The minimum atomic E-state index is -0.395. The van der Waals surface area contributed by atoms with Crippen molar-refractivity contribution >= 4 is 17.6 Å². The predicted octanol–water partition coefficient (Wildman–Crippen LogP) is 4.33. The summed E-state index contributed by atoms with van der Waals surface area (Å²) >= 11 is 0. The third-order valence-corrected chi connectivity index (χ3v) is 5.14. The highest BCUT2D eigenvalue weighted by Crippen LogP contribution is 2.39. The second kappa shape index (κ2) is 8.06. The number of furan rings is 1. The number of phenols is 1. The summed E-state index contributed by atoms with van der Waals surface area (Å²) in [6, 6.07) is 9.45. The standard InChI is InChI=1S/C22H24N4O4/c1-13(2)23-22(29)26-18(14-5-3-6-14)12-17(25-26)16-11-15(8-9-19(16)27)24-21(28)20-7-4-10-30-20/h4,7-14,27H,3,5-6H2,1-2H3,(H,23,29)(H,24,28). The molecule has 0 aliphatic heterocycles. The van der Waals surface area contributed by atoms with Crippen LogP contribution in [0, 0.1) is 0 Å². The van der Waals surface area contributed by atoms with E-state index in [4.69, 9.17) is 4.42 Å². The highest BCUT2D eigenvalue weighted by atomic mass is 16.3. The number of aromatic nitrogens is 2. The number of carbonyl (C=O) groups is 2. The molecule has 0 radical (unpaired) electrons. The molecule has 4 rings (SSSR count). The van der Waals surface area contributed by atoms with Gasteiger partial charge in [-0.25, -0.2) is 4.79 Å². The molecule has 1 fully saturated rings. The number of amides is 2. The fourth-order valence-electron chi connectivity index (χ4n) is 3.41. The number of hydrogen-bond donors (Lipinski definition) is 3. The summed E-state index contributed by atoms with van der Waals surface area (Å²) in [6.45, 7) is 3.78. The summed E-state index contributed by atoms with van der Waals surface area (Å²) < 4.78 is 6.50. The van der Waals surface area contributed by atoms with Crippen molar-refractivity contribution in [3.8, 4) is 17.0 Å². The molecule has 1 saturated carbocycles. The molecule has 30 heavy (non-hydrogen) atoms. The zero-order valence-corrected chi connectivity index (χ0v) is 16.9. The molecule has 156 valence electrons. The number of nitrogens with one attached hydrogen (secondary N) is 2. The van der Waals surface area contributed by atoms with Crippen LogP contribution < -0.4 is 10.6 Å². The fraction of sp³-hybridized carbons (Fsp3) is 0.318. The van der Waals surface area contributed by atoms with Crippen molar-refractivity contribution < 1.29 is 19.1 Å². The Balaban J connectivity index is 1.66. The third-order valence-electron chi connectivity index (χ3n) is 5.14. The summed E-state index contributed by atoms with van der Waals surface area (Å²) in [5.74, 6) is 0.0772. The average molecular weight is 408 g/mol. The van der Waals surface area contributed by atoms with Gasteiger partial charge in [0, 0.05) is 23.2 Å². The summed E-state index contributed by atoms with van der Waals surface area (Å²) in [5.41, 5.74) is 2.22. The van der Waals surface area contributed by atoms with E-state index >= 15 is 0 Å². The van der Waals surface area contributed by atoms with Gasteiger partial charge in [0.2, 0.25) is 0 Å². The number of rotatable bonds is 5. The Labute approximate surface area is 173 Å². The maximum Gasteiger partial charge on any atom is 0.342 e. The number of benzene rings is 1. The molecule has 1 aliphatic carbocycles. The number of phenolic OH excluding ortho intramolecular Hbond substituents is 1. The van der Waals surface area contributed by atoms with Crippen molar-refractivity contribution in [3.05, 3.63) is 54.1 Å². The lowest BCUT2D eigenvalue weighted by Crippen LogP contribution is -2.36. The third kappa shape index (κ3) is 3.94. The average Bonchev–Trinajstić information content (AvgIpc) is 3.31. The van der Waals surface area contributed by atoms with Crippen molar-refractivity contribution in [2.24, 2.45) is 0 Å². The monoisotopic (exact) mass is 408 g/mol. The Morgan fingerprint density at radius 3 is 2.67 bits per heavy atom. The predicted molar refractivity (Wildman–Crippen MR) is 112 cm³/mol. The van der Waals surface area contributed by atoms with E-state index in [1.807, 2.05) is 19.9 Å². The van der Waals surface area contributed by atoms with E-state index in [0.717, 1.165) is 25.0 Å². The van der Waals surface area contributed by atoms with Crippen LogP contribution in [-0.4, -0.2) is 32.9 Å². The molecule has 2 heterocycles. The van der Waals surface area contributed by atoms with Crippen LogP contribution in [0.25, 0.3) is 11.3 Å². The first kappa shape index (κ1) is 19.8. The van der Waals surface area contributed by atoms with Gasteiger partial charge >= 0.3 is 6.03 Å². The molecule has 0 spiro atoms. The minimum Gasteiger partial charge on any atom is -0.507 e. The number of anilines is 1. The Kier molecular flexibility index (Phi) is 5.31. The van der Waals surface area contributed by atoms with E-state index in [2.05, 4.69) is 15.7 Å². The maximum absolute atomic E-state index is 12.7. The normalized spacial score (nSPS) is 13.8. The Morgan fingerprint density at radius 2 is 2.03 bits per heavy atom. The van der Waals surface area contributed by atoms with E-state index in [-0.39, 0.29) is 29.5 Å². The molecule has 0 bridgehead atoms. The first-order valence-corrected chi connectivity index (χ1v) is 10.0. The number of nitrogens with zero attached hydrogens (tertiary/aromatic N) is 2. The number of aromatic hydroxyl groups is 1. The quantitative estimate of drug-likeness (QED) is 0.544. The molecule has 2 amide bonds. The first-order chi connectivity index (χ1) is 14.4. The molecule has 1 aliphatic rings. The van der Waals surface area contributed by atoms with Gasteiger partial charge in [0.25, 0.3) is 5.91 Å². The fourth-order valence-corrected chi connectivity index (χ4v) is 3.41. The summed E-state index contributed by atoms with van der Waals surface area (Å²) in [7, 11) is 0. The van der Waals surface area contributed by atoms with Gasteiger partial charge in [-0.05, 0) is 63.1 Å². The molecule has 1 aromatic carbocycles. The van der Waals surface area contributed by atoms with E-state index in [0.29, 0.717) is 16.9 Å². The van der Waals surface area contributed by atoms with Crippen LogP contribution in [0.5, 0.6) is 5.75 Å². The Bertz CT molecular complexity index is 1070. The Morgan fingerprint density at radius 1 is 1.23 bits per heavy atom. The van der Waals surface area contributed by atoms with Crippen LogP contribution in [0.15, 0.2) is 47.1 Å². The van der Waals surface area contributed by atoms with Crippen LogP contribution in [0.2, 0.25) is 0 Å². The molecule has 3 N–H and O–H groups in total. The molecule has 0 unspecified atom stereocenters. The minimum absolute atomic E-state index is 0.0140. The molecule has 8 heteroatoms. The van der Waals surface area contributed by atoms with Crippen LogP contribution in [0.3, 0.4) is 0 Å². The van der Waals surface area contributed by atoms with E-state index in [1.165, 1.54) is 17.0 Å². The summed E-state index contributed by atoms with van der Waals surface area (Å²) in [5, 5.41) is 20.5. The van der Waals surface area contributed by atoms with E-state index < -0.39 is 5.91 Å². The molecule has 0 saturated heterocycles. The van der Waals surface area contributed by atoms with Crippen LogP contribution in [0.1, 0.15) is 55.3 Å². The molecule has 3 aromatic rings. The molecule has 8 nitrogen and oxygen atoms in total. The van der Waals surface area contributed by atoms with Crippen molar-refractivity contribution in [3.63, 3.8) is 0 Å². The maximum atomic E-state index is 12.7. The van der Waals surface area contributed by atoms with Gasteiger partial charge in [-0.15, -0.1) is 0 Å². The van der Waals surface area contributed by atoms with E-state index in [9.17, 15) is 14.7 Å². The van der Waals surface area contributed by atoms with Gasteiger partial charge in [0.1, 0.15) is 5.75 Å². The lowest BCUT2D eigenvalue weighted by atomic mass is 9.82. The lowest BCUT2D eigenvalue weighted by molar-refractivity contribution is 0.0996. The van der Waals surface area contributed by atoms with Crippen LogP contribution >= 0.6 is 0 Å². The van der Waals surface area contributed by atoms with Gasteiger partial charge in [0.15, 0.2) is 5.76 Å². The van der Waals surface area contributed by atoms with Crippen molar-refractivity contribution in [2.75, 3.05) is 5.32 Å². The lowest BCUT2D eigenvalue weighted by Gasteiger charge is -2.25. The number of hydrogen-bond acceptors (Lipinski definition) is 5. The molecular weight excluding hydrogens is 384 g/mol. The topological polar surface area (TPSA) is 109 Å². The summed E-state index contributed by atoms with van der Waals surface area (Å²) in [4.78, 5) is 24.9. The second-order valence-corrected chi connectivity index (χ2v) is 7.76. The highest BCUT2D eigenvalue weighted by molar-refractivity contribution is 6.02. The van der Waals surface area contributed by atoms with Gasteiger partial charge in [-0.1, -0.05) is 6.42 Å². The van der Waals surface area contributed by atoms with E-state index in [1.54, 1.807) is 24.3 Å². The van der Waals surface area contributed by atoms with Crippen LogP contribution in [0.4, 0.5) is 10.5 Å². The van der Waals surface area contributed by atoms with Crippen LogP contribution in [-0.2, 0) is 0 Å². The highest BCUT2D eigenvalue weighted by Gasteiger charge is 2.28. The van der Waals surface area contributed by atoms with Crippen molar-refractivity contribution in [1.82, 2.24) is 15.1 Å². The molecular formula is C22H24N4O4.